The van der Waals surface area contributed by atoms with Crippen molar-refractivity contribution < 1.29 is 28.6 Å². The quantitative estimate of drug-likeness (QED) is 0.0262. The van der Waals surface area contributed by atoms with E-state index in [9.17, 15) is 14.4 Å². The zero-order chi connectivity index (χ0) is 44.4. The lowest BCUT2D eigenvalue weighted by Gasteiger charge is -2.18. The van der Waals surface area contributed by atoms with Crippen molar-refractivity contribution in [1.82, 2.24) is 0 Å². The van der Waals surface area contributed by atoms with Crippen molar-refractivity contribution in [3.63, 3.8) is 0 Å². The highest BCUT2D eigenvalue weighted by molar-refractivity contribution is 5.71. The number of hydrogen-bond donors (Lipinski definition) is 0. The molecule has 0 aromatic rings. The molecule has 0 amide bonds. The van der Waals surface area contributed by atoms with Crippen LogP contribution < -0.4 is 0 Å². The summed E-state index contributed by atoms with van der Waals surface area (Å²) in [4.78, 5) is 37.8. The van der Waals surface area contributed by atoms with Crippen molar-refractivity contribution in [3.8, 4) is 0 Å². The lowest BCUT2D eigenvalue weighted by atomic mass is 10.0. The smallest absolute Gasteiger partial charge is 0.306 e. The molecule has 0 fully saturated rings. The number of hydrogen-bond acceptors (Lipinski definition) is 6. The van der Waals surface area contributed by atoms with E-state index < -0.39 is 6.10 Å². The monoisotopic (exact) mass is 857 g/mol. The maximum absolute atomic E-state index is 12.7. The van der Waals surface area contributed by atoms with Gasteiger partial charge in [0, 0.05) is 19.3 Å². The van der Waals surface area contributed by atoms with Gasteiger partial charge in [-0.15, -0.1) is 0 Å². The van der Waals surface area contributed by atoms with Gasteiger partial charge in [0.25, 0.3) is 0 Å². The minimum absolute atomic E-state index is 0.0803. The molecule has 0 heterocycles. The molecule has 0 saturated heterocycles. The Morgan fingerprint density at radius 1 is 0.344 bits per heavy atom. The standard InChI is InChI=1S/C55H100O6/c1-4-7-10-13-16-19-21-23-24-25-26-27-28-29-30-31-33-34-36-39-42-45-48-54(57)60-51-52(50-59-53(56)47-44-41-38-18-15-12-9-6-3)61-55(58)49-46-43-40-37-35-32-22-20-17-14-11-8-5-2/h8,11,17,20,32,35,52H,4-7,9-10,12-16,18-19,21-31,33-34,36-51H2,1-3H3/b11-8-,20-17-,35-32-. The SMILES string of the molecule is CC/C=C\C/C=C\C/C=C\CCCCCC(=O)OC(COC(=O)CCCCCCCCCC)COC(=O)CCCCCCCCCCCCCCCCCCCCCCCC. The second-order valence-electron chi connectivity index (χ2n) is 17.8. The molecule has 0 radical (unpaired) electrons. The van der Waals surface area contributed by atoms with Crippen LogP contribution in [0.5, 0.6) is 0 Å². The first-order valence-corrected chi connectivity index (χ1v) is 26.5. The topological polar surface area (TPSA) is 78.9 Å². The zero-order valence-electron chi connectivity index (χ0n) is 40.7. The van der Waals surface area contributed by atoms with Crippen molar-refractivity contribution in [2.75, 3.05) is 13.2 Å². The molecule has 6 heteroatoms. The molecule has 0 aromatic heterocycles. The number of allylic oxidation sites excluding steroid dienone is 6. The minimum Gasteiger partial charge on any atom is -0.462 e. The molecule has 0 aliphatic rings. The average molecular weight is 857 g/mol. The van der Waals surface area contributed by atoms with Crippen molar-refractivity contribution in [3.05, 3.63) is 36.5 Å². The van der Waals surface area contributed by atoms with Gasteiger partial charge in [-0.1, -0.05) is 243 Å². The third-order valence-electron chi connectivity index (χ3n) is 11.7. The summed E-state index contributed by atoms with van der Waals surface area (Å²) in [5.41, 5.74) is 0. The first kappa shape index (κ1) is 58.6. The van der Waals surface area contributed by atoms with E-state index in [0.717, 1.165) is 83.5 Å². The fraction of sp³-hybridized carbons (Fsp3) is 0.836. The summed E-state index contributed by atoms with van der Waals surface area (Å²) < 4.78 is 16.7. The van der Waals surface area contributed by atoms with E-state index in [4.69, 9.17) is 14.2 Å². The van der Waals surface area contributed by atoms with Crippen LogP contribution in [0.2, 0.25) is 0 Å². The fourth-order valence-corrected chi connectivity index (χ4v) is 7.69. The van der Waals surface area contributed by atoms with Gasteiger partial charge in [0.15, 0.2) is 6.10 Å². The molecule has 0 N–H and O–H groups in total. The molecule has 1 unspecified atom stereocenters. The number of ether oxygens (including phenoxy) is 3. The Hall–Kier alpha value is -2.37. The summed E-state index contributed by atoms with van der Waals surface area (Å²) in [7, 11) is 0. The third-order valence-corrected chi connectivity index (χ3v) is 11.7. The van der Waals surface area contributed by atoms with Crippen molar-refractivity contribution in [1.29, 1.82) is 0 Å². The molecular formula is C55H100O6. The van der Waals surface area contributed by atoms with Gasteiger partial charge in [-0.05, 0) is 51.4 Å². The average Bonchev–Trinajstić information content (AvgIpc) is 3.26. The molecule has 6 nitrogen and oxygen atoms in total. The van der Waals surface area contributed by atoms with Gasteiger partial charge >= 0.3 is 17.9 Å². The molecule has 1 atom stereocenters. The highest BCUT2D eigenvalue weighted by atomic mass is 16.6. The Kier molecular flexibility index (Phi) is 48.3. The molecule has 0 saturated carbocycles. The lowest BCUT2D eigenvalue weighted by molar-refractivity contribution is -0.167. The largest absolute Gasteiger partial charge is 0.462 e. The van der Waals surface area contributed by atoms with E-state index in [1.165, 1.54) is 154 Å². The van der Waals surface area contributed by atoms with Crippen LogP contribution in [0.25, 0.3) is 0 Å². The molecule has 61 heavy (non-hydrogen) atoms. The molecule has 0 bridgehead atoms. The summed E-state index contributed by atoms with van der Waals surface area (Å²) in [5, 5.41) is 0. The van der Waals surface area contributed by atoms with Crippen LogP contribution in [0, 0.1) is 0 Å². The number of rotatable bonds is 48. The molecule has 0 aromatic carbocycles. The predicted molar refractivity (Wildman–Crippen MR) is 261 cm³/mol. The summed E-state index contributed by atoms with van der Waals surface area (Å²) in [6.07, 6.45) is 58.7. The highest BCUT2D eigenvalue weighted by Crippen LogP contribution is 2.16. The van der Waals surface area contributed by atoms with Crippen LogP contribution in [0.4, 0.5) is 0 Å². The van der Waals surface area contributed by atoms with Gasteiger partial charge in [-0.2, -0.15) is 0 Å². The normalized spacial score (nSPS) is 12.2. The second kappa shape index (κ2) is 50.3. The van der Waals surface area contributed by atoms with Crippen LogP contribution in [-0.2, 0) is 28.6 Å². The van der Waals surface area contributed by atoms with Crippen LogP contribution in [0.3, 0.4) is 0 Å². The van der Waals surface area contributed by atoms with Crippen molar-refractivity contribution in [2.24, 2.45) is 0 Å². The van der Waals surface area contributed by atoms with Gasteiger partial charge in [0.05, 0.1) is 0 Å². The van der Waals surface area contributed by atoms with E-state index in [0.29, 0.717) is 19.3 Å². The van der Waals surface area contributed by atoms with Crippen LogP contribution >= 0.6 is 0 Å². The fourth-order valence-electron chi connectivity index (χ4n) is 7.69. The van der Waals surface area contributed by atoms with Gasteiger partial charge < -0.3 is 14.2 Å². The molecule has 0 spiro atoms. The minimum atomic E-state index is -0.781. The van der Waals surface area contributed by atoms with Crippen molar-refractivity contribution >= 4 is 17.9 Å². The molecule has 356 valence electrons. The van der Waals surface area contributed by atoms with Crippen LogP contribution in [0.1, 0.15) is 278 Å². The van der Waals surface area contributed by atoms with Gasteiger partial charge in [-0.3, -0.25) is 14.4 Å². The van der Waals surface area contributed by atoms with E-state index >= 15 is 0 Å². The van der Waals surface area contributed by atoms with Gasteiger partial charge in [0.1, 0.15) is 13.2 Å². The molecule has 0 aliphatic carbocycles. The molecule has 0 aliphatic heterocycles. The first-order valence-electron chi connectivity index (χ1n) is 26.5. The maximum Gasteiger partial charge on any atom is 0.306 e. The van der Waals surface area contributed by atoms with Gasteiger partial charge in [-0.25, -0.2) is 0 Å². The predicted octanol–water partition coefficient (Wildman–Crippen LogP) is 17.3. The second-order valence-corrected chi connectivity index (χ2v) is 17.8. The highest BCUT2D eigenvalue weighted by Gasteiger charge is 2.19. The van der Waals surface area contributed by atoms with E-state index in [1.807, 2.05) is 0 Å². The Balaban J connectivity index is 4.18. The maximum atomic E-state index is 12.7. The van der Waals surface area contributed by atoms with Crippen molar-refractivity contribution in [2.45, 2.75) is 284 Å². The number of unbranched alkanes of at least 4 members (excludes halogenated alkanes) is 31. The summed E-state index contributed by atoms with van der Waals surface area (Å²) in [5.74, 6) is -0.904. The van der Waals surface area contributed by atoms with Crippen LogP contribution in [-0.4, -0.2) is 37.2 Å². The molecule has 0 rings (SSSR count). The molecular weight excluding hydrogens is 757 g/mol. The zero-order valence-corrected chi connectivity index (χ0v) is 40.7. The Morgan fingerprint density at radius 3 is 1.00 bits per heavy atom. The lowest BCUT2D eigenvalue weighted by Crippen LogP contribution is -2.30. The van der Waals surface area contributed by atoms with E-state index in [1.54, 1.807) is 0 Å². The van der Waals surface area contributed by atoms with Crippen LogP contribution in [0.15, 0.2) is 36.5 Å². The van der Waals surface area contributed by atoms with E-state index in [2.05, 4.69) is 57.2 Å². The third kappa shape index (κ3) is 48.5. The van der Waals surface area contributed by atoms with E-state index in [-0.39, 0.29) is 31.1 Å². The summed E-state index contributed by atoms with van der Waals surface area (Å²) in [6.45, 7) is 6.50. The Bertz CT molecular complexity index is 1030. The number of carbonyl (C=O) groups excluding carboxylic acids is 3. The summed E-state index contributed by atoms with van der Waals surface area (Å²) in [6, 6.07) is 0. The number of carbonyl (C=O) groups is 3. The Morgan fingerprint density at radius 2 is 0.639 bits per heavy atom. The Labute approximate surface area is 378 Å². The van der Waals surface area contributed by atoms with Gasteiger partial charge in [0.2, 0.25) is 0 Å². The summed E-state index contributed by atoms with van der Waals surface area (Å²) >= 11 is 0. The number of esters is 3. The first-order chi connectivity index (χ1) is 30.0.